The summed E-state index contributed by atoms with van der Waals surface area (Å²) >= 11 is 0. The lowest BCUT2D eigenvalue weighted by Gasteiger charge is -2.48. The van der Waals surface area contributed by atoms with E-state index in [1.165, 1.54) is 0 Å². The van der Waals surface area contributed by atoms with Crippen LogP contribution in [0.4, 0.5) is 0 Å². The van der Waals surface area contributed by atoms with E-state index in [1.807, 2.05) is 56.4 Å². The molecule has 1 heterocycles. The predicted molar refractivity (Wildman–Crippen MR) is 111 cm³/mol. The first-order valence-corrected chi connectivity index (χ1v) is 9.20. The van der Waals surface area contributed by atoms with Crippen LogP contribution in [0.3, 0.4) is 0 Å². The zero-order valence-electron chi connectivity index (χ0n) is 16.7. The van der Waals surface area contributed by atoms with Crippen LogP contribution in [-0.4, -0.2) is 23.0 Å². The summed E-state index contributed by atoms with van der Waals surface area (Å²) in [6.07, 6.45) is 0. The highest BCUT2D eigenvalue weighted by Gasteiger charge is 2.45. The molecule has 28 heavy (non-hydrogen) atoms. The van der Waals surface area contributed by atoms with Crippen LogP contribution in [0.2, 0.25) is 0 Å². The summed E-state index contributed by atoms with van der Waals surface area (Å²) in [5.74, 6) is 0.107. The van der Waals surface area contributed by atoms with Crippen LogP contribution in [0, 0.1) is 16.7 Å². The lowest BCUT2D eigenvalue weighted by Crippen LogP contribution is -2.58. The molecule has 5 nitrogen and oxygen atoms in total. The molecule has 1 aliphatic heterocycles. The molecule has 0 amide bonds. The summed E-state index contributed by atoms with van der Waals surface area (Å²) in [6.45, 7) is 9.82. The van der Waals surface area contributed by atoms with Gasteiger partial charge in [0.2, 0.25) is 0 Å². The van der Waals surface area contributed by atoms with Crippen molar-refractivity contribution in [2.75, 3.05) is 7.05 Å². The molecule has 0 spiro atoms. The SMILES string of the molecule is C=C1[C@@H](c2ccc(C(C)(C)O)cc2)[C@@](C)(c2cccc(C#N)c2)NC(=N)N1C. The molecule has 1 fully saturated rings. The fourth-order valence-corrected chi connectivity index (χ4v) is 3.83. The minimum Gasteiger partial charge on any atom is -0.386 e. The molecule has 0 aromatic heterocycles. The van der Waals surface area contributed by atoms with Gasteiger partial charge in [-0.3, -0.25) is 5.41 Å². The smallest absolute Gasteiger partial charge is 0.195 e. The second-order valence-corrected chi connectivity index (χ2v) is 8.03. The summed E-state index contributed by atoms with van der Waals surface area (Å²) in [4.78, 5) is 1.74. The number of nitrogens with one attached hydrogen (secondary N) is 2. The van der Waals surface area contributed by atoms with Gasteiger partial charge in [0, 0.05) is 12.7 Å². The third-order valence-electron chi connectivity index (χ3n) is 5.60. The molecule has 144 valence electrons. The van der Waals surface area contributed by atoms with Gasteiger partial charge in [0.1, 0.15) is 0 Å². The van der Waals surface area contributed by atoms with Gasteiger partial charge in [-0.05, 0) is 49.6 Å². The number of nitrogens with zero attached hydrogens (tertiary/aromatic N) is 2. The topological polar surface area (TPSA) is 83.1 Å². The Bertz CT molecular complexity index is 965. The van der Waals surface area contributed by atoms with Crippen LogP contribution < -0.4 is 5.32 Å². The van der Waals surface area contributed by atoms with Crippen molar-refractivity contribution >= 4 is 5.96 Å². The third kappa shape index (κ3) is 3.28. The lowest BCUT2D eigenvalue weighted by atomic mass is 9.72. The van der Waals surface area contributed by atoms with Gasteiger partial charge in [-0.15, -0.1) is 0 Å². The average molecular weight is 374 g/mol. The third-order valence-corrected chi connectivity index (χ3v) is 5.60. The van der Waals surface area contributed by atoms with E-state index in [4.69, 9.17) is 5.41 Å². The molecule has 0 aliphatic carbocycles. The predicted octanol–water partition coefficient (Wildman–Crippen LogP) is 3.77. The van der Waals surface area contributed by atoms with Gasteiger partial charge >= 0.3 is 0 Å². The molecule has 0 unspecified atom stereocenters. The molecular formula is C23H26N4O. The van der Waals surface area contributed by atoms with E-state index in [2.05, 4.69) is 18.0 Å². The van der Waals surface area contributed by atoms with Crippen LogP contribution in [-0.2, 0) is 11.1 Å². The quantitative estimate of drug-likeness (QED) is 0.764. The average Bonchev–Trinajstić information content (AvgIpc) is 2.66. The van der Waals surface area contributed by atoms with Gasteiger partial charge in [0.15, 0.2) is 5.96 Å². The van der Waals surface area contributed by atoms with Crippen LogP contribution in [0.5, 0.6) is 0 Å². The first kappa shape index (κ1) is 19.7. The Morgan fingerprint density at radius 1 is 1.25 bits per heavy atom. The van der Waals surface area contributed by atoms with Crippen molar-refractivity contribution in [1.29, 1.82) is 10.7 Å². The molecule has 0 radical (unpaired) electrons. The summed E-state index contributed by atoms with van der Waals surface area (Å²) in [5, 5.41) is 31.3. The van der Waals surface area contributed by atoms with Gasteiger partial charge in [0.25, 0.3) is 0 Å². The van der Waals surface area contributed by atoms with Crippen molar-refractivity contribution in [3.05, 3.63) is 83.1 Å². The largest absolute Gasteiger partial charge is 0.386 e. The fourth-order valence-electron chi connectivity index (χ4n) is 3.83. The first-order valence-electron chi connectivity index (χ1n) is 9.20. The molecule has 3 rings (SSSR count). The Morgan fingerprint density at radius 2 is 1.89 bits per heavy atom. The number of benzene rings is 2. The van der Waals surface area contributed by atoms with Crippen molar-refractivity contribution < 1.29 is 5.11 Å². The van der Waals surface area contributed by atoms with E-state index in [0.717, 1.165) is 22.4 Å². The number of aliphatic hydroxyl groups is 1. The van der Waals surface area contributed by atoms with Gasteiger partial charge in [-0.1, -0.05) is 43.0 Å². The maximum absolute atomic E-state index is 10.3. The monoisotopic (exact) mass is 374 g/mol. The van der Waals surface area contributed by atoms with E-state index < -0.39 is 11.1 Å². The Morgan fingerprint density at radius 3 is 2.46 bits per heavy atom. The van der Waals surface area contributed by atoms with Crippen molar-refractivity contribution in [2.45, 2.75) is 37.8 Å². The highest BCUT2D eigenvalue weighted by molar-refractivity contribution is 5.82. The Hall–Kier alpha value is -3.10. The second-order valence-electron chi connectivity index (χ2n) is 8.03. The van der Waals surface area contributed by atoms with Gasteiger partial charge < -0.3 is 15.3 Å². The molecule has 0 saturated carbocycles. The molecule has 1 saturated heterocycles. The Kier molecular flexibility index (Phi) is 4.78. The normalized spacial score (nSPS) is 22.6. The van der Waals surface area contributed by atoms with E-state index >= 15 is 0 Å². The van der Waals surface area contributed by atoms with Gasteiger partial charge in [0.05, 0.1) is 28.7 Å². The Labute approximate surface area is 166 Å². The summed E-state index contributed by atoms with van der Waals surface area (Å²) in [7, 11) is 1.82. The van der Waals surface area contributed by atoms with Crippen molar-refractivity contribution in [3.8, 4) is 6.07 Å². The number of guanidine groups is 1. The molecule has 3 N–H and O–H groups in total. The molecule has 2 aromatic rings. The number of hydrogen-bond donors (Lipinski definition) is 3. The molecule has 2 aromatic carbocycles. The van der Waals surface area contributed by atoms with Gasteiger partial charge in [-0.25, -0.2) is 0 Å². The number of likely N-dealkylation sites (N-methyl/N-ethyl adjacent to an activating group) is 1. The highest BCUT2D eigenvalue weighted by atomic mass is 16.3. The van der Waals surface area contributed by atoms with Gasteiger partial charge in [-0.2, -0.15) is 5.26 Å². The Balaban J connectivity index is 2.14. The number of nitriles is 1. The summed E-state index contributed by atoms with van der Waals surface area (Å²) < 4.78 is 0. The minimum atomic E-state index is -0.913. The molecule has 5 heteroatoms. The summed E-state index contributed by atoms with van der Waals surface area (Å²) in [5.41, 5.74) is 2.59. The molecule has 1 aliphatic rings. The number of hydrogen-bond acceptors (Lipinski definition) is 3. The maximum atomic E-state index is 10.3. The van der Waals surface area contributed by atoms with Crippen molar-refractivity contribution in [1.82, 2.24) is 10.2 Å². The maximum Gasteiger partial charge on any atom is 0.195 e. The van der Waals surface area contributed by atoms with Crippen LogP contribution >= 0.6 is 0 Å². The van der Waals surface area contributed by atoms with Crippen LogP contribution in [0.25, 0.3) is 0 Å². The first-order chi connectivity index (χ1) is 13.1. The summed E-state index contributed by atoms with van der Waals surface area (Å²) in [6, 6.07) is 17.5. The molecular weight excluding hydrogens is 348 g/mol. The van der Waals surface area contributed by atoms with Crippen molar-refractivity contribution in [2.24, 2.45) is 0 Å². The van der Waals surface area contributed by atoms with E-state index in [1.54, 1.807) is 24.8 Å². The fraction of sp³-hybridized carbons (Fsp3) is 0.304. The molecule has 2 atom stereocenters. The second kappa shape index (κ2) is 6.81. The van der Waals surface area contributed by atoms with E-state index in [-0.39, 0.29) is 11.9 Å². The van der Waals surface area contributed by atoms with Crippen LogP contribution in [0.1, 0.15) is 48.9 Å². The van der Waals surface area contributed by atoms with Crippen molar-refractivity contribution in [3.63, 3.8) is 0 Å². The van der Waals surface area contributed by atoms with E-state index in [0.29, 0.717) is 5.56 Å². The highest BCUT2D eigenvalue weighted by Crippen LogP contribution is 2.45. The minimum absolute atomic E-state index is 0.156. The molecule has 0 bridgehead atoms. The number of rotatable bonds is 3. The lowest BCUT2D eigenvalue weighted by molar-refractivity contribution is 0.0786. The zero-order valence-corrected chi connectivity index (χ0v) is 16.7. The van der Waals surface area contributed by atoms with Crippen LogP contribution in [0.15, 0.2) is 60.8 Å². The zero-order chi connectivity index (χ0) is 20.7. The van der Waals surface area contributed by atoms with E-state index in [9.17, 15) is 10.4 Å². The standard InChI is InChI=1S/C23H26N4O/c1-15-20(17-9-11-18(12-10-17)22(2,3)28)23(4,26-21(25)27(15)5)19-8-6-7-16(13-19)14-24/h6-13,20,28H,1H2,2-5H3,(H2,25,26)/t20-,23+/m0/s1.